The Hall–Kier alpha value is -0.850. The maximum absolute atomic E-state index is 7.32. The molecule has 0 spiro atoms. The molecule has 0 atom stereocenters. The minimum atomic E-state index is -2.78. The van der Waals surface area contributed by atoms with Crippen molar-refractivity contribution in [3.63, 3.8) is 0 Å². The zero-order chi connectivity index (χ0) is 12.0. The summed E-state index contributed by atoms with van der Waals surface area (Å²) >= 11 is 0. The van der Waals surface area contributed by atoms with E-state index in [1.54, 1.807) is 0 Å². The second kappa shape index (κ2) is 1.73. The first-order valence-corrected chi connectivity index (χ1v) is 1.67. The molecule has 0 unspecified atom stereocenters. The Morgan fingerprint density at radius 3 is 2.71 bits per heavy atom. The van der Waals surface area contributed by atoms with E-state index in [4.69, 9.17) is 11.0 Å². The van der Waals surface area contributed by atoms with Gasteiger partial charge in [0.25, 0.3) is 0 Å². The monoisotopic (exact) mass is 102 g/mol. The van der Waals surface area contributed by atoms with Gasteiger partial charge in [-0.05, 0) is 0 Å². The van der Waals surface area contributed by atoms with Gasteiger partial charge in [-0.1, -0.05) is 6.04 Å². The Bertz CT molecular complexity index is 380. The summed E-state index contributed by atoms with van der Waals surface area (Å²) in [5, 5.41) is 0. The van der Waals surface area contributed by atoms with E-state index in [9.17, 15) is 0 Å². The molecule has 1 heterocycles. The maximum atomic E-state index is 7.32. The highest BCUT2D eigenvalue weighted by molar-refractivity contribution is 4.83. The van der Waals surface area contributed by atoms with Gasteiger partial charge in [-0.15, -0.1) is 0 Å². The zero-order valence-corrected chi connectivity index (χ0v) is 3.45. The molecule has 0 amide bonds. The van der Waals surface area contributed by atoms with E-state index in [1.807, 2.05) is 0 Å². The highest BCUT2D eigenvalue weighted by atomic mass is 14.9. The van der Waals surface area contributed by atoms with E-state index in [0.717, 1.165) is 0 Å². The molecule has 0 fully saturated rings. The van der Waals surface area contributed by atoms with E-state index < -0.39 is 37.4 Å². The molecule has 0 saturated heterocycles. The van der Waals surface area contributed by atoms with Crippen LogP contribution in [0.1, 0.15) is 11.0 Å². The summed E-state index contributed by atoms with van der Waals surface area (Å²) in [6.07, 6.45) is -1.50. The van der Waals surface area contributed by atoms with Gasteiger partial charge in [-0.3, -0.25) is 0 Å². The standard InChI is InChI=1S/C6H8N/c1-7-5-3-2-4-6-7/h2-6H,1H3/q+1/i1D3,2D,3D,4D,5D,6D. The van der Waals surface area contributed by atoms with Gasteiger partial charge in [0.1, 0.15) is 13.8 Å². The Balaban J connectivity index is 3.68. The third kappa shape index (κ3) is 1.000. The fraction of sp³-hybridized carbons (Fsp3) is 0.167. The average molecular weight is 102 g/mol. The van der Waals surface area contributed by atoms with Crippen LogP contribution in [-0.2, 0) is 6.98 Å². The van der Waals surface area contributed by atoms with Crippen LogP contribution in [0.2, 0.25) is 0 Å². The summed E-state index contributed by atoms with van der Waals surface area (Å²) in [5.41, 5.74) is 0. The molecule has 1 aromatic heterocycles. The molecule has 36 valence electrons. The fourth-order valence-corrected chi connectivity index (χ4v) is 0.227. The number of rotatable bonds is 0. The van der Waals surface area contributed by atoms with Crippen LogP contribution in [0.5, 0.6) is 0 Å². The Morgan fingerprint density at radius 1 is 1.43 bits per heavy atom. The molecule has 7 heavy (non-hydrogen) atoms. The molecular formula is C6H8N+. The van der Waals surface area contributed by atoms with Gasteiger partial charge in [0, 0.05) is 12.1 Å². The second-order valence-corrected chi connectivity index (χ2v) is 0.934. The summed E-state index contributed by atoms with van der Waals surface area (Å²) in [6.45, 7) is -2.78. The van der Waals surface area contributed by atoms with Crippen molar-refractivity contribution >= 4 is 0 Å². The highest BCUT2D eigenvalue weighted by Gasteiger charge is 1.78. The zero-order valence-electron chi connectivity index (χ0n) is 11.4. The van der Waals surface area contributed by atoms with Crippen molar-refractivity contribution in [2.45, 2.75) is 0 Å². The molecule has 0 bridgehead atoms. The van der Waals surface area contributed by atoms with Crippen LogP contribution in [0.4, 0.5) is 0 Å². The first-order chi connectivity index (χ1) is 6.68. The predicted molar refractivity (Wildman–Crippen MR) is 27.6 cm³/mol. The van der Waals surface area contributed by atoms with Gasteiger partial charge in [-0.2, -0.15) is 0 Å². The lowest BCUT2D eigenvalue weighted by Crippen LogP contribution is -2.25. The van der Waals surface area contributed by atoms with Crippen molar-refractivity contribution in [2.75, 3.05) is 0 Å². The largest absolute Gasteiger partial charge is 0.208 e. The van der Waals surface area contributed by atoms with Gasteiger partial charge >= 0.3 is 0 Å². The molecule has 0 aliphatic heterocycles. The van der Waals surface area contributed by atoms with Crippen LogP contribution in [0.3, 0.4) is 0 Å². The van der Waals surface area contributed by atoms with Gasteiger partial charge in [0.2, 0.25) is 0 Å². The van der Waals surface area contributed by atoms with Crippen molar-refractivity contribution < 1.29 is 15.5 Å². The summed E-state index contributed by atoms with van der Waals surface area (Å²) in [6, 6.07) is -1.93. The summed E-state index contributed by atoms with van der Waals surface area (Å²) in [4.78, 5) is 0. The minimum Gasteiger partial charge on any atom is -0.208 e. The summed E-state index contributed by atoms with van der Waals surface area (Å²) < 4.78 is 57.8. The molecule has 0 radical (unpaired) electrons. The fourth-order valence-electron chi connectivity index (χ4n) is 0.227. The van der Waals surface area contributed by atoms with Gasteiger partial charge in [-0.25, -0.2) is 4.57 Å². The average Bonchev–Trinajstić information content (AvgIpc) is 2.09. The molecule has 1 aromatic rings. The van der Waals surface area contributed by atoms with Crippen LogP contribution in [-0.4, -0.2) is 0 Å². The number of hydrogen-bond donors (Lipinski definition) is 0. The molecular weight excluding hydrogens is 86.1 g/mol. The van der Waals surface area contributed by atoms with E-state index >= 15 is 0 Å². The van der Waals surface area contributed by atoms with Crippen molar-refractivity contribution in [3.8, 4) is 0 Å². The second-order valence-electron chi connectivity index (χ2n) is 0.934. The number of nitrogens with zero attached hydrogens (tertiary/aromatic N) is 1. The quantitative estimate of drug-likeness (QED) is 0.420. The Labute approximate surface area is 54.5 Å². The lowest BCUT2D eigenvalue weighted by atomic mass is 10.5. The highest BCUT2D eigenvalue weighted by Crippen LogP contribution is 1.71. The van der Waals surface area contributed by atoms with Crippen LogP contribution in [0, 0.1) is 0 Å². The van der Waals surface area contributed by atoms with Crippen molar-refractivity contribution in [1.82, 2.24) is 0 Å². The minimum absolute atomic E-state index is 0.287. The van der Waals surface area contributed by atoms with E-state index in [0.29, 0.717) is 0 Å². The first kappa shape index (κ1) is 0.815. The lowest BCUT2D eigenvalue weighted by molar-refractivity contribution is -0.671. The predicted octanol–water partition coefficient (Wildman–Crippen LogP) is 0.511. The third-order valence-electron chi connectivity index (χ3n) is 0.460. The molecule has 1 rings (SSSR count). The molecule has 1 nitrogen and oxygen atoms in total. The molecule has 0 aromatic carbocycles. The van der Waals surface area contributed by atoms with Crippen LogP contribution >= 0.6 is 0 Å². The van der Waals surface area contributed by atoms with Crippen LogP contribution in [0.15, 0.2) is 30.5 Å². The van der Waals surface area contributed by atoms with Crippen molar-refractivity contribution in [3.05, 3.63) is 30.5 Å². The Morgan fingerprint density at radius 2 is 2.14 bits per heavy atom. The van der Waals surface area contributed by atoms with Crippen molar-refractivity contribution in [2.24, 2.45) is 6.98 Å². The molecule has 1 heteroatoms. The van der Waals surface area contributed by atoms with Gasteiger partial charge in [0.05, 0.1) is 4.11 Å². The third-order valence-corrected chi connectivity index (χ3v) is 0.460. The number of hydrogen-bond acceptors (Lipinski definition) is 0. The molecule has 0 aliphatic rings. The molecule has 0 N–H and O–H groups in total. The molecule has 0 aliphatic carbocycles. The molecule has 0 saturated carbocycles. The number of pyridine rings is 1. The summed E-state index contributed by atoms with van der Waals surface area (Å²) in [7, 11) is 0. The SMILES string of the molecule is [2H]c1c([2H])c([2H])[n+](C([2H])([2H])[2H])c([2H])c1[2H]. The van der Waals surface area contributed by atoms with E-state index in [2.05, 4.69) is 0 Å². The maximum Gasteiger partial charge on any atom is 0.168 e. The lowest BCUT2D eigenvalue weighted by Gasteiger charge is -1.77. The van der Waals surface area contributed by atoms with Crippen molar-refractivity contribution in [1.29, 1.82) is 0 Å². The topological polar surface area (TPSA) is 3.88 Å². The van der Waals surface area contributed by atoms with E-state index in [-0.39, 0.29) is 4.57 Å². The smallest absolute Gasteiger partial charge is 0.168 e. The van der Waals surface area contributed by atoms with Crippen LogP contribution < -0.4 is 4.57 Å². The normalized spacial score (nSPS) is 26.9. The van der Waals surface area contributed by atoms with Gasteiger partial charge in [0.15, 0.2) is 12.3 Å². The Kier molecular flexibility index (Phi) is 0.202. The first-order valence-electron chi connectivity index (χ1n) is 5.67. The van der Waals surface area contributed by atoms with Crippen LogP contribution in [0.25, 0.3) is 0 Å². The van der Waals surface area contributed by atoms with E-state index in [1.165, 1.54) is 0 Å². The van der Waals surface area contributed by atoms with Gasteiger partial charge < -0.3 is 0 Å². The summed E-state index contributed by atoms with van der Waals surface area (Å²) in [5.74, 6) is 0. The number of aromatic nitrogens is 1.